The molecule has 2 aromatic carbocycles. The maximum atomic E-state index is 13.6. The van der Waals surface area contributed by atoms with Gasteiger partial charge in [-0.05, 0) is 75.4 Å². The Morgan fingerprint density at radius 1 is 0.933 bits per heavy atom. The van der Waals surface area contributed by atoms with E-state index in [9.17, 15) is 14.4 Å². The maximum Gasteiger partial charge on any atom is 0.410 e. The van der Waals surface area contributed by atoms with Crippen molar-refractivity contribution in [2.75, 3.05) is 52.8 Å². The summed E-state index contributed by atoms with van der Waals surface area (Å²) in [5.41, 5.74) is 1.72. The van der Waals surface area contributed by atoms with Crippen molar-refractivity contribution in [2.45, 2.75) is 45.6 Å². The summed E-state index contributed by atoms with van der Waals surface area (Å²) in [6.45, 7) is 7.17. The number of hydrogen-bond acceptors (Lipinski definition) is 9. The van der Waals surface area contributed by atoms with E-state index >= 15 is 0 Å². The third kappa shape index (κ3) is 8.93. The summed E-state index contributed by atoms with van der Waals surface area (Å²) in [5.74, 6) is 2.02. The molecule has 2 N–H and O–H groups in total. The van der Waals surface area contributed by atoms with E-state index in [1.54, 1.807) is 56.6 Å². The van der Waals surface area contributed by atoms with E-state index in [0.29, 0.717) is 65.9 Å². The molecule has 0 unspecified atom stereocenters. The molecule has 0 aliphatic carbocycles. The number of carbonyl (C=O) groups is 3. The molecule has 3 aromatic rings. The van der Waals surface area contributed by atoms with Crippen LogP contribution in [0.25, 0.3) is 0 Å². The molecule has 0 bridgehead atoms. The third-order valence-electron chi connectivity index (χ3n) is 7.62. The van der Waals surface area contributed by atoms with Crippen LogP contribution in [0.15, 0.2) is 53.1 Å². The fraction of sp³-hybridized carbons (Fsp3) is 0.441. The van der Waals surface area contributed by atoms with Gasteiger partial charge in [-0.2, -0.15) is 0 Å². The van der Waals surface area contributed by atoms with Crippen molar-refractivity contribution in [3.63, 3.8) is 0 Å². The maximum absolute atomic E-state index is 13.6. The van der Waals surface area contributed by atoms with E-state index in [4.69, 9.17) is 23.4 Å². The Balaban J connectivity index is 1.42. The van der Waals surface area contributed by atoms with Gasteiger partial charge in [0.25, 0.3) is 0 Å². The van der Waals surface area contributed by atoms with Crippen molar-refractivity contribution in [3.8, 4) is 17.2 Å². The van der Waals surface area contributed by atoms with Crippen LogP contribution in [0.2, 0.25) is 0 Å². The summed E-state index contributed by atoms with van der Waals surface area (Å²) in [6.07, 6.45) is 2.96. The van der Waals surface area contributed by atoms with Crippen molar-refractivity contribution >= 4 is 23.7 Å². The van der Waals surface area contributed by atoms with Gasteiger partial charge in [0.15, 0.2) is 11.7 Å². The summed E-state index contributed by atoms with van der Waals surface area (Å²) < 4.78 is 27.5. The second kappa shape index (κ2) is 14.9. The zero-order valence-electron chi connectivity index (χ0n) is 26.9. The molecule has 2 heterocycles. The topological polar surface area (TPSA) is 129 Å². The zero-order valence-corrected chi connectivity index (χ0v) is 26.9. The number of rotatable bonds is 12. The van der Waals surface area contributed by atoms with Crippen LogP contribution in [0, 0.1) is 5.92 Å². The van der Waals surface area contributed by atoms with Gasteiger partial charge in [-0.1, -0.05) is 6.07 Å². The van der Waals surface area contributed by atoms with E-state index < -0.39 is 5.60 Å². The Kier molecular flexibility index (Phi) is 11.0. The highest BCUT2D eigenvalue weighted by atomic mass is 16.6. The molecule has 1 aromatic heterocycles. The Labute approximate surface area is 264 Å². The highest BCUT2D eigenvalue weighted by Gasteiger charge is 2.27. The largest absolute Gasteiger partial charge is 0.497 e. The minimum atomic E-state index is -0.535. The number of benzene rings is 2. The predicted molar refractivity (Wildman–Crippen MR) is 170 cm³/mol. The Morgan fingerprint density at radius 3 is 2.22 bits per heavy atom. The van der Waals surface area contributed by atoms with E-state index in [0.717, 1.165) is 18.4 Å². The van der Waals surface area contributed by atoms with Crippen molar-refractivity contribution in [2.24, 2.45) is 5.92 Å². The molecular formula is C34H43N3O8. The predicted octanol–water partition coefficient (Wildman–Crippen LogP) is 5.30. The fourth-order valence-corrected chi connectivity index (χ4v) is 5.11. The van der Waals surface area contributed by atoms with Crippen molar-refractivity contribution in [3.05, 3.63) is 71.0 Å². The number of hydrogen-bond donors (Lipinski definition) is 2. The summed E-state index contributed by atoms with van der Waals surface area (Å²) in [5, 5.41) is 6.06. The molecule has 0 spiro atoms. The van der Waals surface area contributed by atoms with Crippen molar-refractivity contribution < 1.29 is 37.7 Å². The Hall–Kier alpha value is -4.67. The molecule has 4 rings (SSSR count). The number of ether oxygens (including phenoxy) is 4. The van der Waals surface area contributed by atoms with Crippen molar-refractivity contribution in [1.29, 1.82) is 0 Å². The number of ketones is 1. The molecule has 242 valence electrons. The van der Waals surface area contributed by atoms with Gasteiger partial charge < -0.3 is 38.9 Å². The molecule has 1 aliphatic heterocycles. The monoisotopic (exact) mass is 621 g/mol. The first-order chi connectivity index (χ1) is 21.5. The number of likely N-dealkylation sites (tertiary alicyclic amines) is 1. The van der Waals surface area contributed by atoms with Gasteiger partial charge in [0, 0.05) is 43.2 Å². The van der Waals surface area contributed by atoms with Gasteiger partial charge >= 0.3 is 6.09 Å². The number of piperidine rings is 1. The molecule has 11 heteroatoms. The smallest absolute Gasteiger partial charge is 0.410 e. The van der Waals surface area contributed by atoms with E-state index in [1.807, 2.05) is 32.9 Å². The number of amides is 2. The van der Waals surface area contributed by atoms with Crippen LogP contribution in [-0.2, 0) is 16.0 Å². The van der Waals surface area contributed by atoms with Gasteiger partial charge in [0.1, 0.15) is 29.1 Å². The van der Waals surface area contributed by atoms with Crippen molar-refractivity contribution in [1.82, 2.24) is 10.2 Å². The van der Waals surface area contributed by atoms with E-state index in [-0.39, 0.29) is 30.2 Å². The van der Waals surface area contributed by atoms with Crippen LogP contribution >= 0.6 is 0 Å². The number of nitrogens with zero attached hydrogens (tertiary/aromatic N) is 1. The normalized spacial score (nSPS) is 13.6. The van der Waals surface area contributed by atoms with Crippen LogP contribution < -0.4 is 24.8 Å². The van der Waals surface area contributed by atoms with Gasteiger partial charge in [-0.15, -0.1) is 0 Å². The summed E-state index contributed by atoms with van der Waals surface area (Å²) in [4.78, 5) is 40.5. The lowest BCUT2D eigenvalue weighted by molar-refractivity contribution is -0.119. The summed E-state index contributed by atoms with van der Waals surface area (Å²) in [7, 11) is 4.72. The lowest BCUT2D eigenvalue weighted by atomic mass is 9.96. The summed E-state index contributed by atoms with van der Waals surface area (Å²) in [6, 6.07) is 12.3. The highest BCUT2D eigenvalue weighted by molar-refractivity contribution is 6.10. The molecule has 1 aliphatic rings. The van der Waals surface area contributed by atoms with Crippen LogP contribution in [-0.4, -0.2) is 75.8 Å². The molecule has 2 amide bonds. The number of furan rings is 1. The van der Waals surface area contributed by atoms with Crippen LogP contribution in [0.4, 0.5) is 10.7 Å². The highest BCUT2D eigenvalue weighted by Crippen LogP contribution is 2.33. The lowest BCUT2D eigenvalue weighted by Crippen LogP contribution is -2.44. The van der Waals surface area contributed by atoms with Crippen LogP contribution in [0.5, 0.6) is 17.2 Å². The standard InChI is InChI=1S/C34H43N3O8/c1-34(2,3)45-33(40)37-15-13-22(14-16-37)19-35-30(38)20-36-32-27(17-24-9-12-26(42-5)18-29(24)43-6)28(21-44-32)31(39)23-7-10-25(41-4)11-8-23/h7-12,18,21-22,36H,13-17,19-20H2,1-6H3,(H,35,38). The number of nitrogens with one attached hydrogen (secondary N) is 2. The molecule has 0 atom stereocenters. The first-order valence-electron chi connectivity index (χ1n) is 15.0. The third-order valence-corrected chi connectivity index (χ3v) is 7.62. The number of anilines is 1. The lowest BCUT2D eigenvalue weighted by Gasteiger charge is -2.33. The number of methoxy groups -OCH3 is 3. The van der Waals surface area contributed by atoms with Gasteiger partial charge in [0.2, 0.25) is 5.91 Å². The second-order valence-electron chi connectivity index (χ2n) is 11.9. The zero-order chi connectivity index (χ0) is 32.6. The first kappa shape index (κ1) is 33.2. The SMILES string of the molecule is COc1ccc(C(=O)c2coc(NCC(=O)NCC3CCN(C(=O)OC(C)(C)C)CC3)c2Cc2ccc(OC)cc2OC)cc1. The average molecular weight is 622 g/mol. The second-order valence-corrected chi connectivity index (χ2v) is 11.9. The molecule has 11 nitrogen and oxygen atoms in total. The average Bonchev–Trinajstić information content (AvgIpc) is 3.44. The molecule has 0 radical (unpaired) electrons. The van der Waals surface area contributed by atoms with Crippen LogP contribution in [0.3, 0.4) is 0 Å². The molecule has 0 saturated carbocycles. The Morgan fingerprint density at radius 2 is 1.60 bits per heavy atom. The molecule has 1 fully saturated rings. The van der Waals surface area contributed by atoms with E-state index in [1.165, 1.54) is 6.26 Å². The molecular weight excluding hydrogens is 578 g/mol. The molecule has 1 saturated heterocycles. The quantitative estimate of drug-likeness (QED) is 0.259. The first-order valence-corrected chi connectivity index (χ1v) is 15.0. The number of carbonyl (C=O) groups excluding carboxylic acids is 3. The van der Waals surface area contributed by atoms with Gasteiger partial charge in [-0.25, -0.2) is 4.79 Å². The molecule has 45 heavy (non-hydrogen) atoms. The minimum absolute atomic E-state index is 0.0484. The van der Waals surface area contributed by atoms with E-state index in [2.05, 4.69) is 10.6 Å². The van der Waals surface area contributed by atoms with Gasteiger partial charge in [0.05, 0.1) is 33.4 Å². The van der Waals surface area contributed by atoms with Gasteiger partial charge in [-0.3, -0.25) is 9.59 Å². The van der Waals surface area contributed by atoms with Crippen LogP contribution in [0.1, 0.15) is 60.7 Å². The Bertz CT molecular complexity index is 1470. The minimum Gasteiger partial charge on any atom is -0.497 e. The summed E-state index contributed by atoms with van der Waals surface area (Å²) >= 11 is 0. The fourth-order valence-electron chi connectivity index (χ4n) is 5.11.